The first-order chi connectivity index (χ1) is 20.5. The van der Waals surface area contributed by atoms with Crippen molar-refractivity contribution >= 4 is 5.91 Å². The summed E-state index contributed by atoms with van der Waals surface area (Å²) in [4.78, 5) is 13.7. The van der Waals surface area contributed by atoms with E-state index in [-0.39, 0.29) is 44.1 Å². The van der Waals surface area contributed by atoms with Gasteiger partial charge in [0, 0.05) is 31.8 Å². The molecule has 14 nitrogen and oxygen atoms in total. The predicted molar refractivity (Wildman–Crippen MR) is 156 cm³/mol. The van der Waals surface area contributed by atoms with Crippen LogP contribution in [0, 0.1) is 23.7 Å². The van der Waals surface area contributed by atoms with E-state index >= 15 is 0 Å². The van der Waals surface area contributed by atoms with Crippen LogP contribution in [0.1, 0.15) is 60.3 Å². The highest BCUT2D eigenvalue weighted by Crippen LogP contribution is 2.39. The van der Waals surface area contributed by atoms with Gasteiger partial charge in [0.05, 0.1) is 60.7 Å². The van der Waals surface area contributed by atoms with Crippen molar-refractivity contribution in [1.29, 1.82) is 0 Å². The van der Waals surface area contributed by atoms with Gasteiger partial charge in [-0.25, -0.2) is 0 Å². The first-order valence-corrected chi connectivity index (χ1v) is 15.6. The fourth-order valence-electron chi connectivity index (χ4n) is 6.17. The maximum absolute atomic E-state index is 13.7. The zero-order chi connectivity index (χ0) is 33.1. The maximum Gasteiger partial charge on any atom is 0.228 e. The number of hydrogen-bond acceptors (Lipinski definition) is 13. The van der Waals surface area contributed by atoms with Crippen molar-refractivity contribution < 1.29 is 59.9 Å². The van der Waals surface area contributed by atoms with Crippen LogP contribution in [0.25, 0.3) is 0 Å². The predicted octanol–water partition coefficient (Wildman–Crippen LogP) is -2.15. The number of nitrogens with one attached hydrogen (secondary N) is 1. The second kappa shape index (κ2) is 15.5. The fourth-order valence-corrected chi connectivity index (χ4v) is 6.17. The number of ether oxygens (including phenoxy) is 3. The highest BCUT2D eigenvalue weighted by atomic mass is 16.7. The molecule has 3 fully saturated rings. The van der Waals surface area contributed by atoms with Crippen LogP contribution in [0.4, 0.5) is 0 Å². The Balaban J connectivity index is 1.90. The van der Waals surface area contributed by atoms with Crippen molar-refractivity contribution in [2.24, 2.45) is 29.4 Å². The van der Waals surface area contributed by atoms with Crippen LogP contribution in [0.3, 0.4) is 0 Å². The Kier molecular flexibility index (Phi) is 13.1. The van der Waals surface area contributed by atoms with Crippen molar-refractivity contribution in [3.63, 3.8) is 0 Å². The molecule has 0 aromatic heterocycles. The molecule has 10 unspecified atom stereocenters. The largest absolute Gasteiger partial charge is 0.396 e. The maximum atomic E-state index is 13.7. The molecule has 0 aromatic rings. The monoisotopic (exact) mass is 634 g/mol. The van der Waals surface area contributed by atoms with Gasteiger partial charge >= 0.3 is 0 Å². The van der Waals surface area contributed by atoms with E-state index in [0.717, 1.165) is 0 Å². The van der Waals surface area contributed by atoms with E-state index in [2.05, 4.69) is 5.32 Å². The topological polar surface area (TPSA) is 245 Å². The molecular weight excluding hydrogens is 580 g/mol. The second-order valence-electron chi connectivity index (χ2n) is 13.5. The Morgan fingerprint density at radius 2 is 1.73 bits per heavy atom. The first kappa shape index (κ1) is 37.2. The number of hydrogen-bond donors (Lipinski definition) is 10. The molecular formula is C30H54N2O12. The molecule has 256 valence electrons. The molecule has 0 spiro atoms. The van der Waals surface area contributed by atoms with Gasteiger partial charge in [0.15, 0.2) is 12.1 Å². The summed E-state index contributed by atoms with van der Waals surface area (Å²) in [7, 11) is 0. The molecule has 1 saturated carbocycles. The fraction of sp³-hybridized carbons (Fsp3) is 0.900. The SMILES string of the molecule is CC(C)/C=C/[C@@H](CC1O[C@](O)(C[C@@H](O)C(C)C)C[C@H](O)[C@H]1C(=O)NC1CC(CO)C(O)C1O)OC1OC(C)C(O)C(N)C1O. The van der Waals surface area contributed by atoms with Crippen LogP contribution < -0.4 is 11.1 Å². The summed E-state index contributed by atoms with van der Waals surface area (Å²) in [5, 5.41) is 87.1. The Labute approximate surface area is 258 Å². The summed E-state index contributed by atoms with van der Waals surface area (Å²) in [5.41, 5.74) is 5.99. The average Bonchev–Trinajstić information content (AvgIpc) is 3.20. The van der Waals surface area contributed by atoms with E-state index in [0.29, 0.717) is 0 Å². The van der Waals surface area contributed by atoms with Gasteiger partial charge in [0.25, 0.3) is 0 Å². The Morgan fingerprint density at radius 3 is 2.30 bits per heavy atom. The lowest BCUT2D eigenvalue weighted by molar-refractivity contribution is -0.307. The number of allylic oxidation sites excluding steroid dienone is 1. The minimum absolute atomic E-state index is 0.0751. The number of carbonyl (C=O) groups is 1. The molecule has 44 heavy (non-hydrogen) atoms. The van der Waals surface area contributed by atoms with E-state index in [1.807, 2.05) is 19.9 Å². The summed E-state index contributed by atoms with van der Waals surface area (Å²) in [6, 6.07) is -1.96. The Hall–Kier alpha value is -1.27. The summed E-state index contributed by atoms with van der Waals surface area (Å²) in [6.07, 6.45) is -8.74. The van der Waals surface area contributed by atoms with Crippen LogP contribution in [-0.2, 0) is 19.0 Å². The van der Waals surface area contributed by atoms with Gasteiger partial charge in [-0.15, -0.1) is 0 Å². The molecule has 2 heterocycles. The highest BCUT2D eigenvalue weighted by molar-refractivity contribution is 5.80. The quantitative estimate of drug-likeness (QED) is 0.103. The van der Waals surface area contributed by atoms with Gasteiger partial charge < -0.3 is 66.1 Å². The number of amides is 1. The molecule has 2 aliphatic heterocycles. The number of rotatable bonds is 12. The summed E-state index contributed by atoms with van der Waals surface area (Å²) in [5.74, 6) is -4.78. The zero-order valence-electron chi connectivity index (χ0n) is 26.2. The van der Waals surface area contributed by atoms with Crippen molar-refractivity contribution in [2.45, 2.75) is 139 Å². The third-order valence-electron chi connectivity index (χ3n) is 9.06. The summed E-state index contributed by atoms with van der Waals surface area (Å²) in [6.45, 7) is 8.59. The lowest BCUT2D eigenvalue weighted by Gasteiger charge is -2.46. The smallest absolute Gasteiger partial charge is 0.228 e. The number of aliphatic hydroxyl groups is 8. The van der Waals surface area contributed by atoms with Gasteiger partial charge in [0.1, 0.15) is 12.2 Å². The molecule has 0 aromatic carbocycles. The lowest BCUT2D eigenvalue weighted by Crippen LogP contribution is -2.62. The molecule has 2 saturated heterocycles. The van der Waals surface area contributed by atoms with Crippen molar-refractivity contribution in [3.05, 3.63) is 12.2 Å². The molecule has 0 bridgehead atoms. The first-order valence-electron chi connectivity index (χ1n) is 15.6. The minimum atomic E-state index is -2.00. The van der Waals surface area contributed by atoms with Crippen LogP contribution in [0.15, 0.2) is 12.2 Å². The van der Waals surface area contributed by atoms with Gasteiger partial charge in [-0.1, -0.05) is 39.8 Å². The summed E-state index contributed by atoms with van der Waals surface area (Å²) >= 11 is 0. The summed E-state index contributed by atoms with van der Waals surface area (Å²) < 4.78 is 17.9. The second-order valence-corrected chi connectivity index (χ2v) is 13.5. The third kappa shape index (κ3) is 8.96. The van der Waals surface area contributed by atoms with Crippen molar-refractivity contribution in [1.82, 2.24) is 5.32 Å². The highest BCUT2D eigenvalue weighted by Gasteiger charge is 2.52. The van der Waals surface area contributed by atoms with Gasteiger partial charge in [-0.2, -0.15) is 0 Å². The average molecular weight is 635 g/mol. The van der Waals surface area contributed by atoms with E-state index < -0.39 is 96.8 Å². The lowest BCUT2D eigenvalue weighted by atomic mass is 9.81. The molecule has 1 amide bonds. The molecule has 3 rings (SSSR count). The normalized spacial score (nSPS) is 43.1. The Morgan fingerprint density at radius 1 is 1.07 bits per heavy atom. The standard InChI is InChI=1S/C30H54N2O12/c1-13(2)6-7-17(43-29-27(39)23(31)24(36)15(5)42-29)9-21-22(20(35)11-30(41,44-21)10-19(34)14(3)4)28(40)32-18-8-16(12-33)25(37)26(18)38/h6-7,13-27,29,33-39,41H,8-12,31H2,1-5H3,(H,32,40)/b7-6+/t15?,16?,17-,18?,19+,20-,21?,22+,23?,24?,25?,26?,27?,29?,30+/m0/s1. The Bertz CT molecular complexity index is 955. The van der Waals surface area contributed by atoms with E-state index in [9.17, 15) is 45.6 Å². The molecule has 1 aliphatic carbocycles. The van der Waals surface area contributed by atoms with Gasteiger partial charge in [-0.05, 0) is 25.2 Å². The van der Waals surface area contributed by atoms with E-state index in [1.54, 1.807) is 26.8 Å². The van der Waals surface area contributed by atoms with E-state index in [1.165, 1.54) is 0 Å². The molecule has 14 heteroatoms. The molecule has 11 N–H and O–H groups in total. The van der Waals surface area contributed by atoms with Crippen molar-refractivity contribution in [3.8, 4) is 0 Å². The van der Waals surface area contributed by atoms with Crippen LogP contribution in [0.2, 0.25) is 0 Å². The molecule has 0 radical (unpaired) electrons. The molecule has 15 atom stereocenters. The molecule has 3 aliphatic rings. The van der Waals surface area contributed by atoms with Crippen LogP contribution in [0.5, 0.6) is 0 Å². The van der Waals surface area contributed by atoms with Gasteiger partial charge in [-0.3, -0.25) is 4.79 Å². The van der Waals surface area contributed by atoms with E-state index in [4.69, 9.17) is 19.9 Å². The van der Waals surface area contributed by atoms with Gasteiger partial charge in [0.2, 0.25) is 5.91 Å². The van der Waals surface area contributed by atoms with Crippen LogP contribution >= 0.6 is 0 Å². The van der Waals surface area contributed by atoms with Crippen LogP contribution in [-0.4, -0.2) is 132 Å². The minimum Gasteiger partial charge on any atom is -0.396 e. The number of nitrogens with two attached hydrogens (primary N) is 1. The number of carbonyl (C=O) groups excluding carboxylic acids is 1. The third-order valence-corrected chi connectivity index (χ3v) is 9.06. The number of aliphatic hydroxyl groups excluding tert-OH is 7. The zero-order valence-corrected chi connectivity index (χ0v) is 26.2. The van der Waals surface area contributed by atoms with Crippen molar-refractivity contribution in [2.75, 3.05) is 6.61 Å².